The molecular formula is C32H27F9N2O2. The number of halogens is 9. The van der Waals surface area contributed by atoms with Gasteiger partial charge in [0.25, 0.3) is 5.91 Å². The Labute approximate surface area is 252 Å². The van der Waals surface area contributed by atoms with Crippen LogP contribution in [0.2, 0.25) is 0 Å². The van der Waals surface area contributed by atoms with Crippen molar-refractivity contribution < 1.29 is 49.1 Å². The van der Waals surface area contributed by atoms with E-state index in [1.165, 1.54) is 28.0 Å². The van der Waals surface area contributed by atoms with Crippen molar-refractivity contribution in [2.75, 3.05) is 19.6 Å². The molecule has 13 heteroatoms. The molecular weight excluding hydrogens is 615 g/mol. The number of alkyl halides is 9. The van der Waals surface area contributed by atoms with Crippen molar-refractivity contribution in [3.63, 3.8) is 0 Å². The molecule has 45 heavy (non-hydrogen) atoms. The lowest BCUT2D eigenvalue weighted by atomic mass is 9.97. The Kier molecular flexibility index (Phi) is 9.41. The standard InChI is InChI=1S/C32H27F9N2O2/c1-19-3-4-22(13-20(19)2)14-27-18-42(28(44)10-7-21-5-8-24(9-6-21)30(33,34)35)11-12-43(27)29(45)23-15-25(31(36,37)38)17-26(16-23)32(39,40)41/h3-10,13,15-17,27H,11-12,14,18H2,1-2H3/t27-/m1/s1. The van der Waals surface area contributed by atoms with Crippen molar-refractivity contribution in [1.29, 1.82) is 0 Å². The van der Waals surface area contributed by atoms with Gasteiger partial charge in [0, 0.05) is 31.3 Å². The maximum atomic E-state index is 13.6. The highest BCUT2D eigenvalue weighted by molar-refractivity contribution is 5.96. The van der Waals surface area contributed by atoms with Crippen LogP contribution in [0.4, 0.5) is 39.5 Å². The molecule has 0 N–H and O–H groups in total. The van der Waals surface area contributed by atoms with Gasteiger partial charge in [0.05, 0.1) is 22.7 Å². The first kappa shape index (κ1) is 33.6. The molecule has 4 nitrogen and oxygen atoms in total. The minimum atomic E-state index is -5.14. The predicted octanol–water partition coefficient (Wildman–Crippen LogP) is 7.97. The zero-order valence-corrected chi connectivity index (χ0v) is 23.9. The Balaban J connectivity index is 1.62. The second-order valence-electron chi connectivity index (χ2n) is 10.8. The number of rotatable bonds is 5. The largest absolute Gasteiger partial charge is 0.416 e. The van der Waals surface area contributed by atoms with Crippen molar-refractivity contribution >= 4 is 17.9 Å². The lowest BCUT2D eigenvalue weighted by Gasteiger charge is -2.41. The first-order valence-electron chi connectivity index (χ1n) is 13.6. The highest BCUT2D eigenvalue weighted by Gasteiger charge is 2.39. The molecule has 4 rings (SSSR count). The maximum Gasteiger partial charge on any atom is 0.416 e. The van der Waals surface area contributed by atoms with Crippen molar-refractivity contribution in [1.82, 2.24) is 9.80 Å². The predicted molar refractivity (Wildman–Crippen MR) is 148 cm³/mol. The second kappa shape index (κ2) is 12.6. The highest BCUT2D eigenvalue weighted by atomic mass is 19.4. The van der Waals surface area contributed by atoms with Gasteiger partial charge in [-0.15, -0.1) is 0 Å². The molecule has 2 amide bonds. The van der Waals surface area contributed by atoms with Gasteiger partial charge in [-0.25, -0.2) is 0 Å². The van der Waals surface area contributed by atoms with Gasteiger partial charge in [0.15, 0.2) is 0 Å². The van der Waals surface area contributed by atoms with Gasteiger partial charge in [0.1, 0.15) is 0 Å². The summed E-state index contributed by atoms with van der Waals surface area (Å²) in [5, 5.41) is 0. The normalized spacial score (nSPS) is 16.4. The molecule has 1 atom stereocenters. The lowest BCUT2D eigenvalue weighted by Crippen LogP contribution is -2.57. The van der Waals surface area contributed by atoms with E-state index in [2.05, 4.69) is 0 Å². The fourth-order valence-electron chi connectivity index (χ4n) is 5.00. The zero-order valence-electron chi connectivity index (χ0n) is 23.9. The second-order valence-corrected chi connectivity index (χ2v) is 10.8. The zero-order chi connectivity index (χ0) is 33.3. The smallest absolute Gasteiger partial charge is 0.335 e. The van der Waals surface area contributed by atoms with Crippen LogP contribution in [0.5, 0.6) is 0 Å². The van der Waals surface area contributed by atoms with E-state index in [1.807, 2.05) is 26.0 Å². The van der Waals surface area contributed by atoms with Gasteiger partial charge >= 0.3 is 18.5 Å². The van der Waals surface area contributed by atoms with Gasteiger partial charge < -0.3 is 9.80 Å². The highest BCUT2D eigenvalue weighted by Crippen LogP contribution is 2.37. The van der Waals surface area contributed by atoms with Gasteiger partial charge in [-0.2, -0.15) is 39.5 Å². The van der Waals surface area contributed by atoms with E-state index in [0.29, 0.717) is 17.7 Å². The van der Waals surface area contributed by atoms with Crippen LogP contribution in [0.15, 0.2) is 66.7 Å². The SMILES string of the molecule is Cc1ccc(C[C@@H]2CN(C(=O)C=Cc3ccc(C(F)(F)F)cc3)CCN2C(=O)c2cc(C(F)(F)F)cc(C(F)(F)F)c2)cc1C. The summed E-state index contributed by atoms with van der Waals surface area (Å²) in [5.74, 6) is -1.58. The van der Waals surface area contributed by atoms with Crippen LogP contribution < -0.4 is 0 Å². The molecule has 0 bridgehead atoms. The van der Waals surface area contributed by atoms with Crippen LogP contribution >= 0.6 is 0 Å². The van der Waals surface area contributed by atoms with Gasteiger partial charge in [0.2, 0.25) is 5.91 Å². The quantitative estimate of drug-likeness (QED) is 0.209. The van der Waals surface area contributed by atoms with E-state index in [1.54, 1.807) is 6.07 Å². The van der Waals surface area contributed by atoms with Crippen LogP contribution in [0.25, 0.3) is 6.08 Å². The molecule has 1 heterocycles. The van der Waals surface area contributed by atoms with E-state index in [9.17, 15) is 49.1 Å². The third-order valence-corrected chi connectivity index (χ3v) is 7.59. The average molecular weight is 643 g/mol. The van der Waals surface area contributed by atoms with Crippen LogP contribution in [0.1, 0.15) is 49.3 Å². The summed E-state index contributed by atoms with van der Waals surface area (Å²) in [7, 11) is 0. The first-order chi connectivity index (χ1) is 20.8. The Morgan fingerprint density at radius 3 is 1.84 bits per heavy atom. The van der Waals surface area contributed by atoms with Gasteiger partial charge in [-0.1, -0.05) is 30.3 Å². The topological polar surface area (TPSA) is 40.6 Å². The third-order valence-electron chi connectivity index (χ3n) is 7.59. The molecule has 1 aliphatic rings. The van der Waals surface area contributed by atoms with Gasteiger partial charge in [-0.3, -0.25) is 9.59 Å². The van der Waals surface area contributed by atoms with Crippen LogP contribution in [-0.4, -0.2) is 47.3 Å². The fourth-order valence-corrected chi connectivity index (χ4v) is 5.00. The van der Waals surface area contributed by atoms with E-state index in [4.69, 9.17) is 0 Å². The molecule has 240 valence electrons. The summed E-state index contributed by atoms with van der Waals surface area (Å²) in [4.78, 5) is 29.2. The molecule has 3 aromatic rings. The monoisotopic (exact) mass is 642 g/mol. The summed E-state index contributed by atoms with van der Waals surface area (Å²) in [6.07, 6.45) is -12.2. The number of carbonyl (C=O) groups is 2. The Morgan fingerprint density at radius 1 is 0.733 bits per heavy atom. The summed E-state index contributed by atoms with van der Waals surface area (Å²) in [6.45, 7) is 3.36. The fraction of sp³-hybridized carbons (Fsp3) is 0.312. The molecule has 0 radical (unpaired) electrons. The lowest BCUT2D eigenvalue weighted by molar-refractivity contribution is -0.143. The van der Waals surface area contributed by atoms with E-state index in [0.717, 1.165) is 34.9 Å². The summed E-state index contributed by atoms with van der Waals surface area (Å²) in [5.41, 5.74) is -1.93. The molecule has 0 unspecified atom stereocenters. The minimum Gasteiger partial charge on any atom is -0.335 e. The molecule has 0 saturated carbocycles. The Bertz CT molecular complexity index is 1560. The number of benzene rings is 3. The van der Waals surface area contributed by atoms with E-state index < -0.39 is 58.6 Å². The minimum absolute atomic E-state index is 0.0526. The number of nitrogens with zero attached hydrogens (tertiary/aromatic N) is 2. The average Bonchev–Trinajstić information content (AvgIpc) is 2.96. The molecule has 0 spiro atoms. The number of carbonyl (C=O) groups excluding carboxylic acids is 2. The third kappa shape index (κ3) is 8.25. The Hall–Kier alpha value is -4.29. The first-order valence-corrected chi connectivity index (χ1v) is 13.6. The maximum absolute atomic E-state index is 13.6. The van der Waals surface area contributed by atoms with Crippen molar-refractivity contribution in [3.8, 4) is 0 Å². The molecule has 3 aromatic carbocycles. The summed E-state index contributed by atoms with van der Waals surface area (Å²) >= 11 is 0. The van der Waals surface area contributed by atoms with Crippen LogP contribution in [-0.2, 0) is 29.7 Å². The summed E-state index contributed by atoms with van der Waals surface area (Å²) < 4.78 is 119. The van der Waals surface area contributed by atoms with E-state index >= 15 is 0 Å². The number of piperazine rings is 1. The molecule has 1 saturated heterocycles. The van der Waals surface area contributed by atoms with E-state index in [-0.39, 0.29) is 32.1 Å². The van der Waals surface area contributed by atoms with Crippen molar-refractivity contribution in [2.24, 2.45) is 0 Å². The number of aryl methyl sites for hydroxylation is 2. The van der Waals surface area contributed by atoms with Gasteiger partial charge in [-0.05, 0) is 78.9 Å². The number of hydrogen-bond acceptors (Lipinski definition) is 2. The van der Waals surface area contributed by atoms with Crippen LogP contribution in [0, 0.1) is 13.8 Å². The Morgan fingerprint density at radius 2 is 1.31 bits per heavy atom. The number of amides is 2. The number of hydrogen-bond donors (Lipinski definition) is 0. The molecule has 0 aromatic heterocycles. The van der Waals surface area contributed by atoms with Crippen molar-refractivity contribution in [2.45, 2.75) is 44.8 Å². The van der Waals surface area contributed by atoms with Crippen LogP contribution in [0.3, 0.4) is 0 Å². The molecule has 1 aliphatic heterocycles. The molecule has 0 aliphatic carbocycles. The summed E-state index contributed by atoms with van der Waals surface area (Å²) in [6, 6.07) is 9.47. The molecule has 1 fully saturated rings. The van der Waals surface area contributed by atoms with Crippen molar-refractivity contribution in [3.05, 3.63) is 111 Å².